The molecule has 0 N–H and O–H groups in total. The molecule has 236 valence electrons. The van der Waals surface area contributed by atoms with Gasteiger partial charge < -0.3 is 9.47 Å². The van der Waals surface area contributed by atoms with Gasteiger partial charge in [-0.2, -0.15) is 8.78 Å². The summed E-state index contributed by atoms with van der Waals surface area (Å²) >= 11 is 0. The zero-order chi connectivity index (χ0) is 33.2. The molecular formula is C24H19F8NO8S2. The van der Waals surface area contributed by atoms with Crippen LogP contribution in [-0.4, -0.2) is 51.3 Å². The van der Waals surface area contributed by atoms with Gasteiger partial charge in [-0.3, -0.25) is 4.79 Å². The van der Waals surface area contributed by atoms with Crippen LogP contribution < -0.4 is 4.74 Å². The van der Waals surface area contributed by atoms with Crippen molar-refractivity contribution in [3.63, 3.8) is 0 Å². The van der Waals surface area contributed by atoms with Gasteiger partial charge in [0.2, 0.25) is 23.0 Å². The van der Waals surface area contributed by atoms with Gasteiger partial charge in [-0.1, -0.05) is 28.5 Å². The predicted octanol–water partition coefficient (Wildman–Crippen LogP) is 4.79. The number of sulfonamides is 2. The molecule has 0 heterocycles. The van der Waals surface area contributed by atoms with E-state index in [-0.39, 0.29) is 13.5 Å². The molecule has 2 unspecified atom stereocenters. The number of esters is 2. The summed E-state index contributed by atoms with van der Waals surface area (Å²) in [6.07, 6.45) is -0.791. The third kappa shape index (κ3) is 6.28. The predicted molar refractivity (Wildman–Crippen MR) is 131 cm³/mol. The summed E-state index contributed by atoms with van der Waals surface area (Å²) in [5.41, 5.74) is -3.43. The molecule has 2 rings (SSSR count). The molecule has 0 amide bonds. The fraction of sp³-hybridized carbons (Fsp3) is 0.250. The molecule has 1 aromatic carbocycles. The maximum absolute atomic E-state index is 15.0. The van der Waals surface area contributed by atoms with Crippen LogP contribution in [0, 0.1) is 23.3 Å². The van der Waals surface area contributed by atoms with Crippen LogP contribution in [0.5, 0.6) is 5.75 Å². The van der Waals surface area contributed by atoms with Crippen molar-refractivity contribution in [1.82, 2.24) is 3.71 Å². The molecular weight excluding hydrogens is 646 g/mol. The van der Waals surface area contributed by atoms with E-state index in [0.29, 0.717) is 13.0 Å². The van der Waals surface area contributed by atoms with E-state index in [1.165, 1.54) is 6.08 Å². The van der Waals surface area contributed by atoms with Crippen molar-refractivity contribution in [3.8, 4) is 5.75 Å². The lowest BCUT2D eigenvalue weighted by atomic mass is 9.92. The molecule has 0 radical (unpaired) electrons. The molecule has 0 spiro atoms. The fourth-order valence-corrected chi connectivity index (χ4v) is 6.60. The number of nitrogens with zero attached hydrogens (tertiary/aromatic N) is 1. The van der Waals surface area contributed by atoms with E-state index in [1.807, 2.05) is 0 Å². The molecule has 1 aromatic rings. The largest absolute Gasteiger partial charge is 0.448 e. The van der Waals surface area contributed by atoms with Gasteiger partial charge in [0, 0.05) is 19.5 Å². The molecule has 0 bridgehead atoms. The summed E-state index contributed by atoms with van der Waals surface area (Å²) in [6.45, 7) is 6.74. The standard InChI is InChI=1S/C24H19F8NO8S2/c1-5-7-9-11(34)40-19-13(25)15(27)20(16(28)14(19)26)42(36,37)33(4)43(38,39)21-17(29)22(31)24(3,23(32)18(21)30)41-12(35)10-8-6-2/h5-7,9,22H,1-2,8,10H2,3-4H3/b9-7+. The van der Waals surface area contributed by atoms with E-state index in [0.717, 1.165) is 12.2 Å². The molecule has 2 atom stereocenters. The number of benzene rings is 1. The van der Waals surface area contributed by atoms with Gasteiger partial charge >= 0.3 is 11.9 Å². The molecule has 0 saturated heterocycles. The van der Waals surface area contributed by atoms with Gasteiger partial charge in [0.15, 0.2) is 45.1 Å². The molecule has 43 heavy (non-hydrogen) atoms. The number of carbonyl (C=O) groups excluding carboxylic acids is 2. The maximum Gasteiger partial charge on any atom is 0.336 e. The minimum Gasteiger partial charge on any atom is -0.448 e. The molecule has 0 fully saturated rings. The van der Waals surface area contributed by atoms with E-state index in [9.17, 15) is 61.5 Å². The zero-order valence-electron chi connectivity index (χ0n) is 21.8. The molecule has 0 saturated carbocycles. The van der Waals surface area contributed by atoms with E-state index in [1.54, 1.807) is 0 Å². The lowest BCUT2D eigenvalue weighted by Gasteiger charge is -2.34. The SMILES string of the molecule is C=C/C=C/C(=O)Oc1c(F)c(F)c(S(=O)(=O)N(C)S(=O)(=O)C2=C(F)C(F)C(C)(OC(=O)CCC=C)C(F)=C2F)c(F)c1F. The van der Waals surface area contributed by atoms with E-state index in [2.05, 4.69) is 22.6 Å². The van der Waals surface area contributed by atoms with Crippen molar-refractivity contribution in [3.05, 3.63) is 83.1 Å². The third-order valence-electron chi connectivity index (χ3n) is 5.58. The molecule has 0 aromatic heterocycles. The van der Waals surface area contributed by atoms with Crippen LogP contribution in [0.3, 0.4) is 0 Å². The van der Waals surface area contributed by atoms with Crippen LogP contribution in [0.15, 0.2) is 64.7 Å². The average Bonchev–Trinajstić information content (AvgIpc) is 2.93. The maximum atomic E-state index is 15.0. The Morgan fingerprint density at radius 3 is 1.98 bits per heavy atom. The summed E-state index contributed by atoms with van der Waals surface area (Å²) in [5.74, 6) is -24.3. The van der Waals surface area contributed by atoms with Crippen molar-refractivity contribution in [1.29, 1.82) is 0 Å². The van der Waals surface area contributed by atoms with Crippen LogP contribution in [0.4, 0.5) is 35.1 Å². The Hall–Kier alpha value is -3.84. The first-order valence-corrected chi connectivity index (χ1v) is 14.1. The summed E-state index contributed by atoms with van der Waals surface area (Å²) in [7, 11) is -13.0. The topological polar surface area (TPSA) is 124 Å². The smallest absolute Gasteiger partial charge is 0.336 e. The highest BCUT2D eigenvalue weighted by Crippen LogP contribution is 2.46. The zero-order valence-corrected chi connectivity index (χ0v) is 23.4. The number of halogens is 8. The highest BCUT2D eigenvalue weighted by Gasteiger charge is 2.56. The first-order chi connectivity index (χ1) is 19.7. The Morgan fingerprint density at radius 2 is 1.49 bits per heavy atom. The van der Waals surface area contributed by atoms with Crippen LogP contribution in [0.1, 0.15) is 19.8 Å². The van der Waals surface area contributed by atoms with Crippen molar-refractivity contribution in [2.45, 2.75) is 36.4 Å². The molecule has 0 aliphatic heterocycles. The monoisotopic (exact) mass is 665 g/mol. The number of alkyl halides is 1. The second-order valence-electron chi connectivity index (χ2n) is 8.40. The Balaban J connectivity index is 2.67. The van der Waals surface area contributed by atoms with Gasteiger partial charge in [0.05, 0.1) is 0 Å². The van der Waals surface area contributed by atoms with Gasteiger partial charge in [0.25, 0.3) is 20.0 Å². The van der Waals surface area contributed by atoms with Crippen LogP contribution in [0.25, 0.3) is 0 Å². The Bertz CT molecular complexity index is 1670. The quantitative estimate of drug-likeness (QED) is 0.0629. The van der Waals surface area contributed by atoms with Crippen molar-refractivity contribution in [2.24, 2.45) is 0 Å². The summed E-state index contributed by atoms with van der Waals surface area (Å²) in [6, 6.07) is 0. The minimum atomic E-state index is -6.43. The van der Waals surface area contributed by atoms with E-state index in [4.69, 9.17) is 0 Å². The summed E-state index contributed by atoms with van der Waals surface area (Å²) in [5, 5.41) is 0. The number of allylic oxidation sites excluding steroid dienone is 4. The lowest BCUT2D eigenvalue weighted by molar-refractivity contribution is -0.162. The molecule has 1 aliphatic carbocycles. The van der Waals surface area contributed by atoms with Crippen molar-refractivity contribution in [2.75, 3.05) is 7.05 Å². The van der Waals surface area contributed by atoms with Crippen LogP contribution in [-0.2, 0) is 34.4 Å². The van der Waals surface area contributed by atoms with Gasteiger partial charge in [-0.25, -0.2) is 48.0 Å². The molecule has 19 heteroatoms. The number of ether oxygens (including phenoxy) is 2. The Labute approximate surface area is 239 Å². The average molecular weight is 666 g/mol. The minimum absolute atomic E-state index is 0.107. The Morgan fingerprint density at radius 1 is 0.953 bits per heavy atom. The van der Waals surface area contributed by atoms with Crippen molar-refractivity contribution >= 4 is 32.0 Å². The Kier molecular flexibility index (Phi) is 10.5. The highest BCUT2D eigenvalue weighted by molar-refractivity contribution is 8.06. The normalized spacial score (nSPS) is 19.7. The van der Waals surface area contributed by atoms with E-state index < -0.39 is 110 Å². The summed E-state index contributed by atoms with van der Waals surface area (Å²) in [4.78, 5) is 18.0. The first-order valence-electron chi connectivity index (χ1n) is 11.3. The van der Waals surface area contributed by atoms with Crippen LogP contribution in [0.2, 0.25) is 0 Å². The highest BCUT2D eigenvalue weighted by atomic mass is 32.3. The number of hydrogen-bond donors (Lipinski definition) is 0. The first kappa shape index (κ1) is 35.4. The number of rotatable bonds is 11. The summed E-state index contributed by atoms with van der Waals surface area (Å²) < 4.78 is 177. The van der Waals surface area contributed by atoms with Gasteiger partial charge in [0.1, 0.15) is 0 Å². The molecule has 9 nitrogen and oxygen atoms in total. The second kappa shape index (κ2) is 12.8. The van der Waals surface area contributed by atoms with Crippen molar-refractivity contribution < 1.29 is 71.0 Å². The molecule has 1 aliphatic rings. The number of carbonyl (C=O) groups is 2. The van der Waals surface area contributed by atoms with Gasteiger partial charge in [-0.05, 0) is 13.3 Å². The van der Waals surface area contributed by atoms with Gasteiger partial charge in [-0.15, -0.1) is 6.58 Å². The number of hydrogen-bond acceptors (Lipinski definition) is 8. The lowest BCUT2D eigenvalue weighted by Crippen LogP contribution is -2.47. The van der Waals surface area contributed by atoms with Crippen LogP contribution >= 0.6 is 0 Å². The third-order valence-corrected chi connectivity index (χ3v) is 9.87. The fourth-order valence-electron chi connectivity index (χ4n) is 3.31. The van der Waals surface area contributed by atoms with E-state index >= 15 is 0 Å². The second-order valence-corrected chi connectivity index (χ2v) is 12.4.